The molecular weight excluding hydrogens is 460 g/mol. The van der Waals surface area contributed by atoms with E-state index in [2.05, 4.69) is 0 Å². The maximum absolute atomic E-state index is 12.1. The number of aromatic hydroxyl groups is 1. The van der Waals surface area contributed by atoms with Crippen molar-refractivity contribution in [2.45, 2.75) is 55.3 Å². The van der Waals surface area contributed by atoms with Gasteiger partial charge in [-0.1, -0.05) is 6.07 Å². The van der Waals surface area contributed by atoms with Gasteiger partial charge < -0.3 is 59.4 Å². The molecule has 7 N–H and O–H groups in total. The summed E-state index contributed by atoms with van der Waals surface area (Å²) in [4.78, 5) is 12.1. The molecule has 0 spiro atoms. The van der Waals surface area contributed by atoms with Crippen molar-refractivity contribution in [2.75, 3.05) is 20.3 Å². The Morgan fingerprint density at radius 3 is 2.50 bits per heavy atom. The van der Waals surface area contributed by atoms with Crippen LogP contribution >= 0.6 is 0 Å². The molecule has 2 fully saturated rings. The molecule has 2 saturated heterocycles. The monoisotopic (exact) mass is 488 g/mol. The zero-order valence-corrected chi connectivity index (χ0v) is 18.1. The van der Waals surface area contributed by atoms with Crippen LogP contribution in [0.2, 0.25) is 0 Å². The molecule has 0 aliphatic carbocycles. The highest BCUT2D eigenvalue weighted by molar-refractivity contribution is 5.87. The van der Waals surface area contributed by atoms with Gasteiger partial charge in [-0.25, -0.2) is 4.79 Å². The Morgan fingerprint density at radius 2 is 1.79 bits per heavy atom. The third-order valence-corrected chi connectivity index (χ3v) is 5.43. The first-order chi connectivity index (χ1) is 16.1. The molecule has 2 aliphatic rings. The Morgan fingerprint density at radius 1 is 1.06 bits per heavy atom. The lowest BCUT2D eigenvalue weighted by molar-refractivity contribution is -0.312. The highest BCUT2D eigenvalue weighted by Gasteiger charge is 2.45. The molecule has 190 valence electrons. The number of aliphatic hydroxyl groups excluding tert-OH is 6. The number of aliphatic hydroxyl groups is 6. The fourth-order valence-corrected chi connectivity index (χ4v) is 3.43. The van der Waals surface area contributed by atoms with Gasteiger partial charge in [0.1, 0.15) is 36.6 Å². The van der Waals surface area contributed by atoms with Crippen LogP contribution in [0.4, 0.5) is 0 Å². The van der Waals surface area contributed by atoms with Gasteiger partial charge in [-0.05, 0) is 23.8 Å². The summed E-state index contributed by atoms with van der Waals surface area (Å²) >= 11 is 0. The fourth-order valence-electron chi connectivity index (χ4n) is 3.43. The van der Waals surface area contributed by atoms with Gasteiger partial charge in [0.25, 0.3) is 0 Å². The van der Waals surface area contributed by atoms with E-state index in [1.807, 2.05) is 0 Å². The summed E-state index contributed by atoms with van der Waals surface area (Å²) in [6.45, 7) is -0.784. The van der Waals surface area contributed by atoms with Crippen molar-refractivity contribution in [1.82, 2.24) is 0 Å². The van der Waals surface area contributed by atoms with Gasteiger partial charge in [0.15, 0.2) is 30.2 Å². The summed E-state index contributed by atoms with van der Waals surface area (Å²) in [6, 6.07) is 4.42. The lowest BCUT2D eigenvalue weighted by Crippen LogP contribution is -2.60. The average Bonchev–Trinajstić information content (AvgIpc) is 2.82. The van der Waals surface area contributed by atoms with Crippen LogP contribution in [0.15, 0.2) is 24.3 Å². The lowest BCUT2D eigenvalue weighted by Gasteiger charge is -2.40. The normalized spacial score (nSPS) is 36.4. The quantitative estimate of drug-likeness (QED) is 0.153. The molecule has 9 atom stereocenters. The molecule has 1 aromatic rings. The number of carbonyl (C=O) groups excluding carboxylic acids is 1. The Bertz CT molecular complexity index is 861. The maximum Gasteiger partial charge on any atom is 0.331 e. The Hall–Kier alpha value is -2.33. The minimum absolute atomic E-state index is 0.0648. The second kappa shape index (κ2) is 11.4. The first-order valence-electron chi connectivity index (χ1n) is 10.3. The maximum atomic E-state index is 12.1. The van der Waals surface area contributed by atoms with Crippen LogP contribution in [0, 0.1) is 0 Å². The largest absolute Gasteiger partial charge is 0.504 e. The van der Waals surface area contributed by atoms with Gasteiger partial charge in [-0.2, -0.15) is 0 Å². The van der Waals surface area contributed by atoms with E-state index < -0.39 is 67.9 Å². The van der Waals surface area contributed by atoms with E-state index in [0.29, 0.717) is 5.56 Å². The van der Waals surface area contributed by atoms with Crippen LogP contribution in [0.25, 0.3) is 6.08 Å². The molecular formula is C21H28O13. The minimum Gasteiger partial charge on any atom is -0.504 e. The fraction of sp³-hybridized carbons (Fsp3) is 0.571. The van der Waals surface area contributed by atoms with Crippen molar-refractivity contribution in [2.24, 2.45) is 0 Å². The van der Waals surface area contributed by atoms with E-state index in [1.165, 1.54) is 31.4 Å². The molecule has 13 nitrogen and oxygen atoms in total. The number of rotatable bonds is 7. The molecule has 0 amide bonds. The standard InChI is InChI=1S/C21H28O13/c1-30-11-6-9(2-4-10(11)22)3-5-14(23)33-12-7-31-21(19(28)16(12)25)32-8-13-15(24)17(26)18(27)20(29)34-13/h2-6,12-13,15-22,24-29H,7-8H2,1H3. The van der Waals surface area contributed by atoms with Crippen molar-refractivity contribution in [1.29, 1.82) is 0 Å². The molecule has 0 saturated carbocycles. The number of hydrogen-bond donors (Lipinski definition) is 7. The molecule has 0 radical (unpaired) electrons. The molecule has 3 rings (SSSR count). The van der Waals surface area contributed by atoms with Crippen LogP contribution in [-0.4, -0.2) is 117 Å². The van der Waals surface area contributed by atoms with E-state index in [-0.39, 0.29) is 18.1 Å². The van der Waals surface area contributed by atoms with Gasteiger partial charge >= 0.3 is 5.97 Å². The zero-order chi connectivity index (χ0) is 25.0. The molecule has 0 aromatic heterocycles. The van der Waals surface area contributed by atoms with E-state index in [4.69, 9.17) is 23.7 Å². The lowest BCUT2D eigenvalue weighted by atomic mass is 9.99. The Balaban J connectivity index is 1.50. The van der Waals surface area contributed by atoms with Crippen molar-refractivity contribution < 1.29 is 64.2 Å². The van der Waals surface area contributed by atoms with Gasteiger partial charge in [-0.3, -0.25) is 0 Å². The number of hydrogen-bond acceptors (Lipinski definition) is 13. The number of carbonyl (C=O) groups is 1. The van der Waals surface area contributed by atoms with E-state index >= 15 is 0 Å². The van der Waals surface area contributed by atoms with E-state index in [1.54, 1.807) is 0 Å². The van der Waals surface area contributed by atoms with Crippen LogP contribution < -0.4 is 4.74 Å². The second-order valence-corrected chi connectivity index (χ2v) is 7.79. The van der Waals surface area contributed by atoms with E-state index in [9.17, 15) is 40.5 Å². The van der Waals surface area contributed by atoms with Crippen molar-refractivity contribution in [3.8, 4) is 11.5 Å². The summed E-state index contributed by atoms with van der Waals surface area (Å²) in [5.41, 5.74) is 0.537. The molecule has 9 unspecified atom stereocenters. The topological polar surface area (TPSA) is 205 Å². The first kappa shape index (κ1) is 26.3. The predicted octanol–water partition coefficient (Wildman–Crippen LogP) is -2.78. The second-order valence-electron chi connectivity index (χ2n) is 7.79. The summed E-state index contributed by atoms with van der Waals surface area (Å²) in [6.07, 6.45) is -11.3. The van der Waals surface area contributed by atoms with Gasteiger partial charge in [0.2, 0.25) is 0 Å². The van der Waals surface area contributed by atoms with Crippen molar-refractivity contribution in [3.63, 3.8) is 0 Å². The number of benzene rings is 1. The Labute approximate surface area is 193 Å². The smallest absolute Gasteiger partial charge is 0.331 e. The van der Waals surface area contributed by atoms with Crippen LogP contribution in [0.3, 0.4) is 0 Å². The van der Waals surface area contributed by atoms with Gasteiger partial charge in [0.05, 0.1) is 20.3 Å². The molecule has 0 bridgehead atoms. The molecule has 13 heteroatoms. The number of methoxy groups -OCH3 is 1. The predicted molar refractivity (Wildman–Crippen MR) is 110 cm³/mol. The van der Waals surface area contributed by atoms with Crippen LogP contribution in [-0.2, 0) is 23.7 Å². The first-order valence-corrected chi connectivity index (χ1v) is 10.3. The van der Waals surface area contributed by atoms with Crippen LogP contribution in [0.1, 0.15) is 5.56 Å². The van der Waals surface area contributed by atoms with Crippen LogP contribution in [0.5, 0.6) is 11.5 Å². The number of phenols is 1. The van der Waals surface area contributed by atoms with Crippen molar-refractivity contribution >= 4 is 12.0 Å². The molecule has 34 heavy (non-hydrogen) atoms. The number of phenolic OH excluding ortho intramolecular Hbond substituents is 1. The molecule has 1 aromatic carbocycles. The number of ether oxygens (including phenoxy) is 5. The SMILES string of the molecule is COc1cc(C=CC(=O)OC2COC(OCC3OC(O)C(O)C(O)C3O)C(O)C2O)ccc1O. The highest BCUT2D eigenvalue weighted by Crippen LogP contribution is 2.27. The molecule has 2 aliphatic heterocycles. The number of esters is 1. The molecule has 2 heterocycles. The van der Waals surface area contributed by atoms with Gasteiger partial charge in [-0.15, -0.1) is 0 Å². The summed E-state index contributed by atoms with van der Waals surface area (Å²) in [5, 5.41) is 68.8. The minimum atomic E-state index is -1.76. The highest BCUT2D eigenvalue weighted by atomic mass is 16.7. The average molecular weight is 488 g/mol. The zero-order valence-electron chi connectivity index (χ0n) is 18.1. The van der Waals surface area contributed by atoms with E-state index in [0.717, 1.165) is 6.08 Å². The van der Waals surface area contributed by atoms with Gasteiger partial charge in [0, 0.05) is 6.08 Å². The Kier molecular flexibility index (Phi) is 8.81. The third kappa shape index (κ3) is 6.02. The summed E-state index contributed by atoms with van der Waals surface area (Å²) in [5.74, 6) is -0.677. The summed E-state index contributed by atoms with van der Waals surface area (Å²) in [7, 11) is 1.38. The van der Waals surface area contributed by atoms with Crippen molar-refractivity contribution in [3.05, 3.63) is 29.8 Å². The summed E-state index contributed by atoms with van der Waals surface area (Å²) < 4.78 is 25.6. The third-order valence-electron chi connectivity index (χ3n) is 5.43.